The molecule has 0 spiro atoms. The van der Waals surface area contributed by atoms with Crippen molar-refractivity contribution in [2.75, 3.05) is 0 Å². The number of hydrogen-bond acceptors (Lipinski definition) is 0. The zero-order valence-corrected chi connectivity index (χ0v) is 22.2. The van der Waals surface area contributed by atoms with Gasteiger partial charge < -0.3 is 0 Å². The Labute approximate surface area is 232 Å². The van der Waals surface area contributed by atoms with Crippen molar-refractivity contribution >= 4 is 48.6 Å². The van der Waals surface area contributed by atoms with Crippen LogP contribution in [0.2, 0.25) is 0 Å². The van der Waals surface area contributed by atoms with Crippen LogP contribution < -0.4 is 0 Å². The first kappa shape index (κ1) is 25.7. The van der Waals surface area contributed by atoms with Gasteiger partial charge in [0.1, 0.15) is 0 Å². The van der Waals surface area contributed by atoms with Crippen LogP contribution in [-0.2, 0) is 0 Å². The molecule has 0 aliphatic carbocycles. The van der Waals surface area contributed by atoms with E-state index in [0.29, 0.717) is 0 Å². The zero-order valence-electron chi connectivity index (χ0n) is 22.2. The van der Waals surface area contributed by atoms with E-state index in [-0.39, 0.29) is 0 Å². The third kappa shape index (κ3) is 8.02. The van der Waals surface area contributed by atoms with E-state index in [1.54, 1.807) is 0 Å². The van der Waals surface area contributed by atoms with Gasteiger partial charge in [-0.15, -0.1) is 0 Å². The van der Waals surface area contributed by atoms with Crippen molar-refractivity contribution in [3.63, 3.8) is 0 Å². The summed E-state index contributed by atoms with van der Waals surface area (Å²) in [5.74, 6) is 0. The molecule has 0 aromatic heterocycles. The molecular formula is C39H32. The second-order valence-corrected chi connectivity index (χ2v) is 9.65. The Morgan fingerprint density at radius 3 is 0.718 bits per heavy atom. The fourth-order valence-electron chi connectivity index (χ4n) is 4.17. The summed E-state index contributed by atoms with van der Waals surface area (Å²) in [6.45, 7) is 2.11. The van der Waals surface area contributed by atoms with Gasteiger partial charge in [-0.2, -0.15) is 0 Å². The molecule has 39 heavy (non-hydrogen) atoms. The molecule has 0 N–H and O–H groups in total. The van der Waals surface area contributed by atoms with Crippen LogP contribution in [-0.4, -0.2) is 0 Å². The van der Waals surface area contributed by atoms with E-state index in [2.05, 4.69) is 177 Å². The summed E-state index contributed by atoms with van der Waals surface area (Å²) >= 11 is 0. The van der Waals surface area contributed by atoms with Crippen molar-refractivity contribution in [2.45, 2.75) is 6.92 Å². The molecule has 0 fully saturated rings. The van der Waals surface area contributed by atoms with Gasteiger partial charge in [-0.3, -0.25) is 0 Å². The van der Waals surface area contributed by atoms with Crippen molar-refractivity contribution in [1.29, 1.82) is 0 Å². The maximum atomic E-state index is 2.16. The second kappa shape index (κ2) is 13.0. The summed E-state index contributed by atoms with van der Waals surface area (Å²) in [5.41, 5.74) is 10.8. The number of benzene rings is 5. The largest absolute Gasteiger partial charge is 0.0622 e. The quantitative estimate of drug-likeness (QED) is 0.186. The number of aryl methyl sites for hydroxylation is 1. The maximum Gasteiger partial charge on any atom is -0.0256 e. The minimum Gasteiger partial charge on any atom is -0.0622 e. The predicted molar refractivity (Wildman–Crippen MR) is 173 cm³/mol. The highest BCUT2D eigenvalue weighted by Crippen LogP contribution is 2.16. The third-order valence-corrected chi connectivity index (χ3v) is 6.56. The Hall–Kier alpha value is -4.94. The molecule has 0 bridgehead atoms. The van der Waals surface area contributed by atoms with Crippen LogP contribution in [0.5, 0.6) is 0 Å². The SMILES string of the molecule is Cc1ccc(/C=C/c2ccc(/C=C/c3ccc(/C=C/c4ccc(/C=C/c5ccccc5)cc4)cc3)cc2)cc1. The van der Waals surface area contributed by atoms with Crippen LogP contribution in [0.25, 0.3) is 48.6 Å². The molecule has 0 amide bonds. The van der Waals surface area contributed by atoms with Gasteiger partial charge in [-0.1, -0.05) is 182 Å². The van der Waals surface area contributed by atoms with Crippen molar-refractivity contribution in [3.05, 3.63) is 177 Å². The van der Waals surface area contributed by atoms with Gasteiger partial charge in [0.05, 0.1) is 0 Å². The summed E-state index contributed by atoms with van der Waals surface area (Å²) in [6, 6.07) is 44.8. The molecule has 188 valence electrons. The molecule has 5 rings (SSSR count). The highest BCUT2D eigenvalue weighted by atomic mass is 14.0. The summed E-state index contributed by atoms with van der Waals surface area (Å²) in [4.78, 5) is 0. The van der Waals surface area contributed by atoms with E-state index < -0.39 is 0 Å². The summed E-state index contributed by atoms with van der Waals surface area (Å²) in [5, 5.41) is 0. The van der Waals surface area contributed by atoms with E-state index in [4.69, 9.17) is 0 Å². The van der Waals surface area contributed by atoms with Crippen LogP contribution in [0.4, 0.5) is 0 Å². The van der Waals surface area contributed by atoms with Crippen LogP contribution in [0.1, 0.15) is 50.1 Å². The Balaban J connectivity index is 1.14. The van der Waals surface area contributed by atoms with E-state index >= 15 is 0 Å². The minimum absolute atomic E-state index is 1.19. The van der Waals surface area contributed by atoms with Crippen LogP contribution >= 0.6 is 0 Å². The van der Waals surface area contributed by atoms with Gasteiger partial charge in [0.15, 0.2) is 0 Å². The summed E-state index contributed by atoms with van der Waals surface area (Å²) in [6.07, 6.45) is 17.2. The van der Waals surface area contributed by atoms with E-state index in [1.165, 1.54) is 50.1 Å². The molecular weight excluding hydrogens is 468 g/mol. The lowest BCUT2D eigenvalue weighted by atomic mass is 10.1. The summed E-state index contributed by atoms with van der Waals surface area (Å²) in [7, 11) is 0. The molecule has 0 heteroatoms. The smallest absolute Gasteiger partial charge is 0.0256 e. The van der Waals surface area contributed by atoms with Crippen molar-refractivity contribution < 1.29 is 0 Å². The van der Waals surface area contributed by atoms with Gasteiger partial charge in [0.25, 0.3) is 0 Å². The average Bonchev–Trinajstić information content (AvgIpc) is 3.00. The number of hydrogen-bond donors (Lipinski definition) is 0. The van der Waals surface area contributed by atoms with Gasteiger partial charge in [0, 0.05) is 0 Å². The molecule has 0 nitrogen and oxygen atoms in total. The molecule has 0 heterocycles. The van der Waals surface area contributed by atoms with Gasteiger partial charge >= 0.3 is 0 Å². The number of rotatable bonds is 8. The van der Waals surface area contributed by atoms with Crippen molar-refractivity contribution in [2.24, 2.45) is 0 Å². The van der Waals surface area contributed by atoms with Gasteiger partial charge in [-0.25, -0.2) is 0 Å². The highest BCUT2D eigenvalue weighted by molar-refractivity contribution is 5.75. The van der Waals surface area contributed by atoms with Crippen LogP contribution in [0.3, 0.4) is 0 Å². The molecule has 5 aromatic rings. The topological polar surface area (TPSA) is 0 Å². The second-order valence-electron chi connectivity index (χ2n) is 9.65. The lowest BCUT2D eigenvalue weighted by Crippen LogP contribution is -1.78. The fourth-order valence-corrected chi connectivity index (χ4v) is 4.17. The lowest BCUT2D eigenvalue weighted by molar-refractivity contribution is 1.46. The van der Waals surface area contributed by atoms with E-state index in [9.17, 15) is 0 Å². The monoisotopic (exact) mass is 500 g/mol. The Kier molecular flexibility index (Phi) is 8.59. The molecule has 0 aliphatic rings. The van der Waals surface area contributed by atoms with E-state index in [0.717, 1.165) is 0 Å². The first-order chi connectivity index (χ1) is 19.2. The molecule has 0 radical (unpaired) electrons. The maximum absolute atomic E-state index is 2.16. The van der Waals surface area contributed by atoms with Crippen LogP contribution in [0.15, 0.2) is 127 Å². The summed E-state index contributed by atoms with van der Waals surface area (Å²) < 4.78 is 0. The molecule has 0 saturated carbocycles. The van der Waals surface area contributed by atoms with Crippen molar-refractivity contribution in [3.8, 4) is 0 Å². The zero-order chi connectivity index (χ0) is 26.7. The molecule has 0 saturated heterocycles. The third-order valence-electron chi connectivity index (χ3n) is 6.56. The first-order valence-electron chi connectivity index (χ1n) is 13.3. The normalized spacial score (nSPS) is 11.8. The van der Waals surface area contributed by atoms with E-state index in [1.807, 2.05) is 6.07 Å². The Morgan fingerprint density at radius 2 is 0.462 bits per heavy atom. The minimum atomic E-state index is 1.19. The molecule has 0 aliphatic heterocycles. The van der Waals surface area contributed by atoms with Crippen molar-refractivity contribution in [1.82, 2.24) is 0 Å². The van der Waals surface area contributed by atoms with Crippen LogP contribution in [0, 0.1) is 6.92 Å². The Morgan fingerprint density at radius 1 is 0.256 bits per heavy atom. The lowest BCUT2D eigenvalue weighted by Gasteiger charge is -1.99. The molecule has 0 atom stereocenters. The average molecular weight is 501 g/mol. The Bertz CT molecular complexity index is 1580. The molecule has 0 unspecified atom stereocenters. The highest BCUT2D eigenvalue weighted by Gasteiger charge is 1.94. The molecule has 5 aromatic carbocycles. The standard InChI is InChI=1S/C39H32/c1-31-7-9-33(10-8-31)13-14-35-19-21-37(22-20-35)25-26-39-29-27-38(28-30-39)24-23-36-17-15-34(16-18-36)12-11-32-5-3-2-4-6-32/h2-30H,1H3/b12-11+,14-13+,24-23+,26-25+. The van der Waals surface area contributed by atoms with Gasteiger partial charge in [-0.05, 0) is 51.4 Å². The predicted octanol–water partition coefficient (Wildman–Crippen LogP) is 10.7. The van der Waals surface area contributed by atoms with Gasteiger partial charge in [0.2, 0.25) is 0 Å². The first-order valence-corrected chi connectivity index (χ1v) is 13.3. The fraction of sp³-hybridized carbons (Fsp3) is 0.0256.